The third kappa shape index (κ3) is 2.96. The van der Waals surface area contributed by atoms with Crippen LogP contribution in [0.3, 0.4) is 0 Å². The van der Waals surface area contributed by atoms with E-state index in [-0.39, 0.29) is 24.3 Å². The molecule has 138 valence electrons. The van der Waals surface area contributed by atoms with Crippen molar-refractivity contribution >= 4 is 29.6 Å². The van der Waals surface area contributed by atoms with Gasteiger partial charge in [-0.05, 0) is 43.0 Å². The molecule has 2 N–H and O–H groups in total. The summed E-state index contributed by atoms with van der Waals surface area (Å²) in [6.45, 7) is -0.305. The van der Waals surface area contributed by atoms with Gasteiger partial charge in [-0.2, -0.15) is 0 Å². The van der Waals surface area contributed by atoms with E-state index in [1.165, 1.54) is 12.1 Å². The van der Waals surface area contributed by atoms with E-state index in [9.17, 15) is 18.8 Å². The number of fused-ring (bicyclic) bond motifs is 1. The molecule has 1 aromatic rings. The summed E-state index contributed by atoms with van der Waals surface area (Å²) in [6, 6.07) is 3.75. The van der Waals surface area contributed by atoms with E-state index in [4.69, 9.17) is 0 Å². The number of halogens is 1. The van der Waals surface area contributed by atoms with Gasteiger partial charge in [-0.1, -0.05) is 12.8 Å². The average molecular weight is 377 g/mol. The Bertz CT molecular complexity index is 779. The summed E-state index contributed by atoms with van der Waals surface area (Å²) in [5.41, 5.74) is -0.0618. The van der Waals surface area contributed by atoms with Gasteiger partial charge in [0.1, 0.15) is 17.9 Å². The molecule has 2 heterocycles. The monoisotopic (exact) mass is 377 g/mol. The maximum Gasteiger partial charge on any atom is 0.325 e. The number of carbonyl (C=O) groups excluding carboxylic acids is 3. The molecule has 4 amide bonds. The predicted molar refractivity (Wildman–Crippen MR) is 94.1 cm³/mol. The largest absolute Gasteiger partial charge is 0.348 e. The van der Waals surface area contributed by atoms with Crippen LogP contribution < -0.4 is 10.6 Å². The lowest BCUT2D eigenvalue weighted by atomic mass is 9.98. The van der Waals surface area contributed by atoms with Crippen molar-refractivity contribution in [2.45, 2.75) is 48.6 Å². The van der Waals surface area contributed by atoms with Gasteiger partial charge in [-0.15, -0.1) is 11.8 Å². The van der Waals surface area contributed by atoms with Crippen molar-refractivity contribution in [1.82, 2.24) is 15.5 Å². The van der Waals surface area contributed by atoms with E-state index in [1.54, 1.807) is 17.8 Å². The fraction of sp³-hybridized carbons (Fsp3) is 0.500. The van der Waals surface area contributed by atoms with E-state index >= 15 is 0 Å². The Hall–Kier alpha value is -2.09. The molecule has 1 aliphatic carbocycles. The maximum atomic E-state index is 13.6. The minimum atomic E-state index is -0.811. The molecule has 26 heavy (non-hydrogen) atoms. The minimum absolute atomic E-state index is 0.305. The maximum absolute atomic E-state index is 13.6. The van der Waals surface area contributed by atoms with Gasteiger partial charge in [0.2, 0.25) is 5.91 Å². The molecular weight excluding hydrogens is 357 g/mol. The molecule has 1 saturated heterocycles. The second-order valence-corrected chi connectivity index (χ2v) is 8.19. The number of nitrogens with zero attached hydrogens (tertiary/aromatic N) is 1. The molecule has 8 heteroatoms. The number of rotatable bonds is 3. The van der Waals surface area contributed by atoms with Gasteiger partial charge >= 0.3 is 6.03 Å². The molecule has 2 fully saturated rings. The first kappa shape index (κ1) is 17.3. The van der Waals surface area contributed by atoms with Crippen LogP contribution in [0.5, 0.6) is 0 Å². The summed E-state index contributed by atoms with van der Waals surface area (Å²) in [6.07, 6.45) is 3.73. The number of thioether (sulfide) groups is 1. The highest BCUT2D eigenvalue weighted by Crippen LogP contribution is 2.37. The summed E-state index contributed by atoms with van der Waals surface area (Å²) in [7, 11) is 0. The third-order valence-corrected chi connectivity index (χ3v) is 6.47. The van der Waals surface area contributed by atoms with Gasteiger partial charge in [0.05, 0.1) is 6.04 Å². The second-order valence-electron chi connectivity index (χ2n) is 7.05. The van der Waals surface area contributed by atoms with Crippen LogP contribution in [0, 0.1) is 5.82 Å². The molecular formula is C18H20FN3O3S. The molecule has 0 aromatic heterocycles. The summed E-state index contributed by atoms with van der Waals surface area (Å²) < 4.78 is 13.6. The van der Waals surface area contributed by atoms with Gasteiger partial charge < -0.3 is 10.6 Å². The van der Waals surface area contributed by atoms with E-state index < -0.39 is 17.5 Å². The van der Waals surface area contributed by atoms with Gasteiger partial charge in [-0.3, -0.25) is 14.5 Å². The van der Waals surface area contributed by atoms with Gasteiger partial charge in [0.25, 0.3) is 5.91 Å². The fourth-order valence-corrected chi connectivity index (χ4v) is 5.14. The van der Waals surface area contributed by atoms with Gasteiger partial charge in [-0.25, -0.2) is 9.18 Å². The van der Waals surface area contributed by atoms with E-state index in [1.807, 2.05) is 0 Å². The molecule has 2 aliphatic heterocycles. The number of amides is 4. The van der Waals surface area contributed by atoms with Crippen molar-refractivity contribution in [2.75, 3.05) is 12.3 Å². The first-order chi connectivity index (χ1) is 12.5. The number of imide groups is 1. The number of urea groups is 1. The Kier molecular flexibility index (Phi) is 4.38. The second kappa shape index (κ2) is 6.57. The Labute approximate surface area is 154 Å². The first-order valence-electron chi connectivity index (χ1n) is 8.84. The summed E-state index contributed by atoms with van der Waals surface area (Å²) in [5, 5.41) is 5.62. The Balaban J connectivity index is 1.45. The summed E-state index contributed by atoms with van der Waals surface area (Å²) in [4.78, 5) is 39.2. The van der Waals surface area contributed by atoms with E-state index in [0.717, 1.165) is 34.0 Å². The van der Waals surface area contributed by atoms with Crippen molar-refractivity contribution in [3.8, 4) is 0 Å². The van der Waals surface area contributed by atoms with Crippen molar-refractivity contribution in [3.05, 3.63) is 29.6 Å². The van der Waals surface area contributed by atoms with Crippen LogP contribution in [-0.2, 0) is 9.59 Å². The van der Waals surface area contributed by atoms with Crippen LogP contribution >= 0.6 is 11.8 Å². The molecule has 0 bridgehead atoms. The minimum Gasteiger partial charge on any atom is -0.348 e. The molecule has 1 spiro atoms. The number of benzene rings is 1. The lowest BCUT2D eigenvalue weighted by molar-refractivity contribution is -0.135. The highest BCUT2D eigenvalue weighted by molar-refractivity contribution is 7.99. The number of nitrogens with one attached hydrogen (secondary N) is 2. The topological polar surface area (TPSA) is 78.5 Å². The quantitative estimate of drug-likeness (QED) is 0.793. The smallest absolute Gasteiger partial charge is 0.325 e. The first-order valence-corrected chi connectivity index (χ1v) is 9.83. The number of hydrogen-bond donors (Lipinski definition) is 2. The van der Waals surface area contributed by atoms with Crippen molar-refractivity contribution in [3.63, 3.8) is 0 Å². The lowest BCUT2D eigenvalue weighted by Gasteiger charge is -2.26. The zero-order chi connectivity index (χ0) is 18.3. The van der Waals surface area contributed by atoms with E-state index in [0.29, 0.717) is 19.3 Å². The third-order valence-electron chi connectivity index (χ3n) is 5.35. The van der Waals surface area contributed by atoms with Gasteiger partial charge in [0.15, 0.2) is 0 Å². The normalized spacial score (nSPS) is 23.9. The average Bonchev–Trinajstić information content (AvgIpc) is 3.17. The van der Waals surface area contributed by atoms with Crippen LogP contribution in [0.2, 0.25) is 0 Å². The molecule has 4 rings (SSSR count). The molecule has 1 aromatic carbocycles. The van der Waals surface area contributed by atoms with Crippen LogP contribution in [-0.4, -0.2) is 40.6 Å². The molecule has 3 aliphatic rings. The summed E-state index contributed by atoms with van der Waals surface area (Å²) >= 11 is 1.63. The SMILES string of the molecule is O=C(CN1C(=O)NC2(CCCC2)C1=O)N[C@H]1CCSc2ccc(F)cc21. The van der Waals surface area contributed by atoms with Crippen LogP contribution in [0.4, 0.5) is 9.18 Å². The zero-order valence-electron chi connectivity index (χ0n) is 14.2. The van der Waals surface area contributed by atoms with Crippen molar-refractivity contribution in [1.29, 1.82) is 0 Å². The van der Waals surface area contributed by atoms with E-state index in [2.05, 4.69) is 10.6 Å². The standard InChI is InChI=1S/C18H20FN3O3S/c19-11-3-4-14-12(9-11)13(5-8-26-14)20-15(23)10-22-16(24)18(21-17(22)25)6-1-2-7-18/h3-4,9,13H,1-2,5-8,10H2,(H,20,23)(H,21,25)/t13-/m0/s1. The summed E-state index contributed by atoms with van der Waals surface area (Å²) in [5.74, 6) is -0.241. The lowest BCUT2D eigenvalue weighted by Crippen LogP contribution is -2.45. The molecule has 6 nitrogen and oxygen atoms in total. The fourth-order valence-electron chi connectivity index (χ4n) is 4.04. The highest BCUT2D eigenvalue weighted by Gasteiger charge is 2.52. The van der Waals surface area contributed by atoms with Gasteiger partial charge in [0, 0.05) is 10.6 Å². The van der Waals surface area contributed by atoms with Crippen LogP contribution in [0.25, 0.3) is 0 Å². The van der Waals surface area contributed by atoms with Crippen molar-refractivity contribution < 1.29 is 18.8 Å². The highest BCUT2D eigenvalue weighted by atomic mass is 32.2. The number of carbonyl (C=O) groups is 3. The van der Waals surface area contributed by atoms with Crippen molar-refractivity contribution in [2.24, 2.45) is 0 Å². The predicted octanol–water partition coefficient (Wildman–Crippen LogP) is 2.34. The Morgan fingerprint density at radius 3 is 2.88 bits per heavy atom. The van der Waals surface area contributed by atoms with Crippen LogP contribution in [0.1, 0.15) is 43.7 Å². The number of hydrogen-bond acceptors (Lipinski definition) is 4. The Morgan fingerprint density at radius 1 is 1.35 bits per heavy atom. The molecule has 0 unspecified atom stereocenters. The molecule has 0 radical (unpaired) electrons. The zero-order valence-corrected chi connectivity index (χ0v) is 15.0. The Morgan fingerprint density at radius 2 is 2.12 bits per heavy atom. The molecule has 1 atom stereocenters. The molecule has 1 saturated carbocycles. The van der Waals surface area contributed by atoms with Crippen LogP contribution in [0.15, 0.2) is 23.1 Å².